The molecule has 1 aromatic carbocycles. The van der Waals surface area contributed by atoms with Crippen LogP contribution >= 0.6 is 11.6 Å². The second-order valence-electron chi connectivity index (χ2n) is 6.37. The third-order valence-electron chi connectivity index (χ3n) is 4.14. The summed E-state index contributed by atoms with van der Waals surface area (Å²) >= 11 is 5.94. The minimum atomic E-state index is -0.709. The Kier molecular flexibility index (Phi) is 4.95. The fraction of sp³-hybridized carbons (Fsp3) is 0.500. The number of hydrogen-bond acceptors (Lipinski definition) is 6. The molecule has 0 N–H and O–H groups in total. The molecule has 1 saturated heterocycles. The molecule has 1 unspecified atom stereocenters. The molecule has 0 aliphatic carbocycles. The Bertz CT molecular complexity index is 685. The van der Waals surface area contributed by atoms with Crippen molar-refractivity contribution in [2.45, 2.75) is 38.8 Å². The van der Waals surface area contributed by atoms with E-state index in [1.165, 1.54) is 0 Å². The summed E-state index contributed by atoms with van der Waals surface area (Å²) in [5.74, 6) is -0.686. The van der Waals surface area contributed by atoms with Gasteiger partial charge in [-0.2, -0.15) is 0 Å². The second-order valence-corrected chi connectivity index (χ2v) is 6.81. The zero-order chi connectivity index (χ0) is 18.2. The third kappa shape index (κ3) is 3.61. The van der Waals surface area contributed by atoms with E-state index in [0.29, 0.717) is 29.7 Å². The highest BCUT2D eigenvalue weighted by Gasteiger charge is 2.48. The summed E-state index contributed by atoms with van der Waals surface area (Å²) in [4.78, 5) is 14.3. The summed E-state index contributed by atoms with van der Waals surface area (Å²) in [6.45, 7) is 6.27. The molecule has 3 rings (SSSR count). The van der Waals surface area contributed by atoms with Crippen LogP contribution in [0.2, 0.25) is 5.02 Å². The van der Waals surface area contributed by atoms with E-state index in [1.807, 2.05) is 32.9 Å². The molecule has 0 radical (unpaired) electrons. The van der Waals surface area contributed by atoms with Gasteiger partial charge >= 0.3 is 5.97 Å². The molecular weight excluding hydrogens is 346 g/mol. The SMILES string of the molecule is CCOC1=C(N(C)c2ccc(Cl)cc2)C(=O)O[C@@H]1C1COC(C)(C)O1. The Hall–Kier alpha value is -1.76. The van der Waals surface area contributed by atoms with Crippen LogP contribution in [0.25, 0.3) is 0 Å². The van der Waals surface area contributed by atoms with Crippen molar-refractivity contribution in [3.05, 3.63) is 40.7 Å². The third-order valence-corrected chi connectivity index (χ3v) is 4.39. The first-order valence-electron chi connectivity index (χ1n) is 8.21. The van der Waals surface area contributed by atoms with E-state index in [4.69, 9.17) is 30.5 Å². The van der Waals surface area contributed by atoms with Gasteiger partial charge in [0, 0.05) is 17.8 Å². The zero-order valence-electron chi connectivity index (χ0n) is 14.7. The average Bonchev–Trinajstić information content (AvgIpc) is 3.07. The number of halogens is 1. The highest BCUT2D eigenvalue weighted by molar-refractivity contribution is 6.30. The van der Waals surface area contributed by atoms with Gasteiger partial charge in [-0.05, 0) is 45.0 Å². The van der Waals surface area contributed by atoms with E-state index >= 15 is 0 Å². The van der Waals surface area contributed by atoms with Crippen molar-refractivity contribution in [2.75, 3.05) is 25.2 Å². The van der Waals surface area contributed by atoms with Gasteiger partial charge in [0.15, 0.2) is 23.3 Å². The van der Waals surface area contributed by atoms with E-state index in [9.17, 15) is 4.79 Å². The molecule has 0 bridgehead atoms. The molecule has 2 atom stereocenters. The standard InChI is InChI=1S/C18H22ClNO5/c1-5-22-16-14(20(4)12-8-6-11(19)7-9-12)17(21)24-15(16)13-10-23-18(2,3)25-13/h6-9,13,15H,5,10H2,1-4H3/t13?,15-/m1/s1. The fourth-order valence-corrected chi connectivity index (χ4v) is 3.10. The molecule has 1 aromatic rings. The van der Waals surface area contributed by atoms with Crippen molar-refractivity contribution in [1.29, 1.82) is 0 Å². The lowest BCUT2D eigenvalue weighted by atomic mass is 10.1. The Morgan fingerprint density at radius 3 is 2.56 bits per heavy atom. The number of esters is 1. The Labute approximate surface area is 152 Å². The van der Waals surface area contributed by atoms with Gasteiger partial charge in [0.05, 0.1) is 13.2 Å². The lowest BCUT2D eigenvalue weighted by Gasteiger charge is -2.22. The molecule has 6 nitrogen and oxygen atoms in total. The van der Waals surface area contributed by atoms with Crippen molar-refractivity contribution in [3.8, 4) is 0 Å². The molecule has 7 heteroatoms. The van der Waals surface area contributed by atoms with Gasteiger partial charge in [-0.25, -0.2) is 4.79 Å². The number of anilines is 1. The quantitative estimate of drug-likeness (QED) is 0.745. The van der Waals surface area contributed by atoms with Crippen molar-refractivity contribution in [3.63, 3.8) is 0 Å². The largest absolute Gasteiger partial charge is 0.492 e. The van der Waals surface area contributed by atoms with E-state index < -0.39 is 24.0 Å². The van der Waals surface area contributed by atoms with E-state index in [-0.39, 0.29) is 0 Å². The summed E-state index contributed by atoms with van der Waals surface area (Å²) in [6.07, 6.45) is -1.03. The maximum absolute atomic E-state index is 12.5. The van der Waals surface area contributed by atoms with Crippen molar-refractivity contribution in [1.82, 2.24) is 0 Å². The van der Waals surface area contributed by atoms with Gasteiger partial charge in [0.1, 0.15) is 6.10 Å². The summed E-state index contributed by atoms with van der Waals surface area (Å²) in [6, 6.07) is 7.20. The lowest BCUT2D eigenvalue weighted by molar-refractivity contribution is -0.163. The molecule has 0 amide bonds. The number of rotatable bonds is 5. The summed E-state index contributed by atoms with van der Waals surface area (Å²) in [5.41, 5.74) is 1.17. The smallest absolute Gasteiger partial charge is 0.359 e. The summed E-state index contributed by atoms with van der Waals surface area (Å²) in [5, 5.41) is 0.627. The normalized spacial score (nSPS) is 25.2. The monoisotopic (exact) mass is 367 g/mol. The number of carbonyl (C=O) groups is 1. The van der Waals surface area contributed by atoms with Gasteiger partial charge in [0.25, 0.3) is 0 Å². The molecule has 0 spiro atoms. The average molecular weight is 368 g/mol. The van der Waals surface area contributed by atoms with Crippen LogP contribution in [-0.4, -0.2) is 44.2 Å². The van der Waals surface area contributed by atoms with E-state index in [1.54, 1.807) is 24.1 Å². The van der Waals surface area contributed by atoms with Crippen LogP contribution in [0.15, 0.2) is 35.7 Å². The Balaban J connectivity index is 1.93. The fourth-order valence-electron chi connectivity index (χ4n) is 2.97. The number of nitrogens with zero attached hydrogens (tertiary/aromatic N) is 1. The summed E-state index contributed by atoms with van der Waals surface area (Å²) < 4.78 is 22.8. The highest BCUT2D eigenvalue weighted by Crippen LogP contribution is 2.36. The van der Waals surface area contributed by atoms with Crippen LogP contribution in [0.1, 0.15) is 20.8 Å². The van der Waals surface area contributed by atoms with Crippen LogP contribution in [0.4, 0.5) is 5.69 Å². The minimum Gasteiger partial charge on any atom is -0.492 e. The molecule has 2 aliphatic rings. The molecule has 136 valence electrons. The lowest BCUT2D eigenvalue weighted by Crippen LogP contribution is -2.33. The topological polar surface area (TPSA) is 57.2 Å². The maximum atomic E-state index is 12.5. The molecule has 0 aromatic heterocycles. The van der Waals surface area contributed by atoms with Crippen LogP contribution in [0, 0.1) is 0 Å². The predicted molar refractivity (Wildman–Crippen MR) is 93.3 cm³/mol. The van der Waals surface area contributed by atoms with Crippen LogP contribution in [-0.2, 0) is 23.7 Å². The van der Waals surface area contributed by atoms with Crippen LogP contribution in [0.3, 0.4) is 0 Å². The van der Waals surface area contributed by atoms with Crippen molar-refractivity contribution >= 4 is 23.3 Å². The van der Waals surface area contributed by atoms with Gasteiger partial charge < -0.3 is 23.8 Å². The number of benzene rings is 1. The van der Waals surface area contributed by atoms with Gasteiger partial charge in [0.2, 0.25) is 0 Å². The van der Waals surface area contributed by atoms with Gasteiger partial charge in [-0.15, -0.1) is 0 Å². The Morgan fingerprint density at radius 1 is 1.32 bits per heavy atom. The maximum Gasteiger partial charge on any atom is 0.359 e. The molecule has 25 heavy (non-hydrogen) atoms. The van der Waals surface area contributed by atoms with Gasteiger partial charge in [-0.3, -0.25) is 0 Å². The minimum absolute atomic E-state index is 0.333. The zero-order valence-corrected chi connectivity index (χ0v) is 15.5. The first kappa shape index (κ1) is 18.0. The molecular formula is C18H22ClNO5. The van der Waals surface area contributed by atoms with E-state index in [2.05, 4.69) is 0 Å². The first-order valence-corrected chi connectivity index (χ1v) is 8.59. The predicted octanol–water partition coefficient (Wildman–Crippen LogP) is 3.10. The number of ether oxygens (including phenoxy) is 4. The van der Waals surface area contributed by atoms with Crippen LogP contribution < -0.4 is 4.90 Å². The Morgan fingerprint density at radius 2 is 2.00 bits per heavy atom. The number of carbonyl (C=O) groups excluding carboxylic acids is 1. The first-order chi connectivity index (χ1) is 11.8. The number of cyclic esters (lactones) is 1. The highest BCUT2D eigenvalue weighted by atomic mass is 35.5. The summed E-state index contributed by atoms with van der Waals surface area (Å²) in [7, 11) is 1.79. The van der Waals surface area contributed by atoms with E-state index in [0.717, 1.165) is 5.69 Å². The van der Waals surface area contributed by atoms with Crippen molar-refractivity contribution < 1.29 is 23.7 Å². The number of likely N-dealkylation sites (N-methyl/N-ethyl adjacent to an activating group) is 1. The second kappa shape index (κ2) is 6.86. The molecule has 2 heterocycles. The molecule has 2 aliphatic heterocycles. The van der Waals surface area contributed by atoms with Crippen LogP contribution in [0.5, 0.6) is 0 Å². The molecule has 0 saturated carbocycles. The molecule has 1 fully saturated rings. The van der Waals surface area contributed by atoms with Crippen molar-refractivity contribution in [2.24, 2.45) is 0 Å². The number of hydrogen-bond donors (Lipinski definition) is 0. The van der Waals surface area contributed by atoms with Gasteiger partial charge in [-0.1, -0.05) is 11.6 Å².